The van der Waals surface area contributed by atoms with Gasteiger partial charge in [-0.25, -0.2) is 4.79 Å². The lowest BCUT2D eigenvalue weighted by Gasteiger charge is -2.54. The second-order valence-electron chi connectivity index (χ2n) is 10.4. The maximum atomic E-state index is 11.7. The molecule has 2 fully saturated rings. The van der Waals surface area contributed by atoms with Gasteiger partial charge in [0, 0.05) is 26.1 Å². The Morgan fingerprint density at radius 3 is 2.33 bits per heavy atom. The topological polar surface area (TPSA) is 92.7 Å². The normalized spacial score (nSPS) is 33.0. The Labute approximate surface area is 181 Å². The van der Waals surface area contributed by atoms with Gasteiger partial charge in [0.1, 0.15) is 19.0 Å². The number of hydrogen-bond acceptors (Lipinski definition) is 7. The Kier molecular flexibility index (Phi) is 8.16. The van der Waals surface area contributed by atoms with Crippen LogP contribution in [-0.2, 0) is 32.9 Å². The van der Waals surface area contributed by atoms with Crippen molar-refractivity contribution in [1.82, 2.24) is 0 Å². The van der Waals surface area contributed by atoms with Crippen molar-refractivity contribution < 1.29 is 38.0 Å². The molecule has 0 aromatic carbocycles. The summed E-state index contributed by atoms with van der Waals surface area (Å²) >= 11 is 0. The third-order valence-electron chi connectivity index (χ3n) is 7.06. The zero-order chi connectivity index (χ0) is 22.9. The fourth-order valence-electron chi connectivity index (χ4n) is 3.93. The van der Waals surface area contributed by atoms with Gasteiger partial charge in [-0.3, -0.25) is 0 Å². The summed E-state index contributed by atoms with van der Waals surface area (Å²) in [6.45, 7) is 15.5. The van der Waals surface area contributed by atoms with Crippen molar-refractivity contribution in [3.8, 4) is 0 Å². The summed E-state index contributed by atoms with van der Waals surface area (Å²) in [4.78, 5) is 11.7. The molecule has 0 bridgehead atoms. The Hall–Kier alpha value is -0.553. The Balaban J connectivity index is 2.18. The fraction of sp³-hybridized carbons (Fsp3) is 0.952. The van der Waals surface area contributed by atoms with Crippen LogP contribution in [0.5, 0.6) is 0 Å². The highest BCUT2D eigenvalue weighted by Gasteiger charge is 2.57. The van der Waals surface area contributed by atoms with E-state index in [9.17, 15) is 9.90 Å². The molecule has 1 N–H and O–H groups in total. The van der Waals surface area contributed by atoms with Gasteiger partial charge in [0.25, 0.3) is 0 Å². The first-order valence-electron chi connectivity index (χ1n) is 10.6. The van der Waals surface area contributed by atoms with Gasteiger partial charge in [-0.15, -0.1) is 0 Å². The number of hydrogen-bond donors (Lipinski definition) is 1. The molecule has 8 nitrogen and oxygen atoms in total. The highest BCUT2D eigenvalue weighted by Crippen LogP contribution is 2.44. The van der Waals surface area contributed by atoms with Gasteiger partial charge < -0.3 is 33.2 Å². The van der Waals surface area contributed by atoms with Gasteiger partial charge in [0.15, 0.2) is 14.4 Å². The van der Waals surface area contributed by atoms with Gasteiger partial charge in [0.2, 0.25) is 0 Å². The van der Waals surface area contributed by atoms with E-state index in [1.165, 1.54) is 0 Å². The van der Waals surface area contributed by atoms with Crippen molar-refractivity contribution >= 4 is 14.3 Å². The molecule has 9 heteroatoms. The standard InChI is InChI=1S/C21H40O8Si/c1-20(2,3)30(8,9)28-11-13(24-6)10-14-21(4,5)18(25-7)16-15(29-14)17(19(22)23)27-12-26-16/h13-18H,10-12H2,1-9H3,(H,22,23)/t13-,14+,15-,16-,17+,18+/m0/s1. The van der Waals surface area contributed by atoms with Crippen LogP contribution in [0.3, 0.4) is 0 Å². The summed E-state index contributed by atoms with van der Waals surface area (Å²) in [5.41, 5.74) is -0.427. The van der Waals surface area contributed by atoms with Crippen molar-refractivity contribution in [3.05, 3.63) is 0 Å². The molecule has 0 spiro atoms. The van der Waals surface area contributed by atoms with Crippen molar-refractivity contribution in [1.29, 1.82) is 0 Å². The maximum Gasteiger partial charge on any atom is 0.335 e. The number of carbonyl (C=O) groups is 1. The number of methoxy groups -OCH3 is 2. The molecule has 176 valence electrons. The second-order valence-corrected chi connectivity index (χ2v) is 15.2. The first-order valence-corrected chi connectivity index (χ1v) is 13.5. The maximum absolute atomic E-state index is 11.7. The molecular weight excluding hydrogens is 408 g/mol. The van der Waals surface area contributed by atoms with Crippen LogP contribution in [0.25, 0.3) is 0 Å². The lowest BCUT2D eigenvalue weighted by molar-refractivity contribution is -0.325. The SMILES string of the molecule is CO[C@H](CO[Si](C)(C)C(C)(C)C)C[C@H]1O[C@H]2[C@H](OCO[C@H]2C(=O)O)[C@@H](OC)C1(C)C. The smallest absolute Gasteiger partial charge is 0.335 e. The molecule has 0 aliphatic carbocycles. The Morgan fingerprint density at radius 1 is 1.20 bits per heavy atom. The van der Waals surface area contributed by atoms with E-state index < -0.39 is 38.0 Å². The molecular formula is C21H40O8Si. The van der Waals surface area contributed by atoms with Crippen LogP contribution in [0.1, 0.15) is 41.0 Å². The van der Waals surface area contributed by atoms with E-state index in [1.807, 2.05) is 0 Å². The van der Waals surface area contributed by atoms with Gasteiger partial charge in [-0.1, -0.05) is 34.6 Å². The van der Waals surface area contributed by atoms with Crippen LogP contribution in [0.4, 0.5) is 0 Å². The lowest BCUT2D eigenvalue weighted by atomic mass is 9.72. The third kappa shape index (κ3) is 5.25. The molecule has 6 atom stereocenters. The third-order valence-corrected chi connectivity index (χ3v) is 11.6. The van der Waals surface area contributed by atoms with Crippen LogP contribution < -0.4 is 0 Å². The second kappa shape index (κ2) is 9.52. The minimum Gasteiger partial charge on any atom is -0.479 e. The van der Waals surface area contributed by atoms with E-state index in [1.54, 1.807) is 14.2 Å². The molecule has 0 amide bonds. The summed E-state index contributed by atoms with van der Waals surface area (Å²) in [5.74, 6) is -1.06. The molecule has 0 aromatic heterocycles. The van der Waals surface area contributed by atoms with E-state index >= 15 is 0 Å². The van der Waals surface area contributed by atoms with E-state index in [0.29, 0.717) is 13.0 Å². The first kappa shape index (κ1) is 25.7. The predicted octanol–water partition coefficient (Wildman–Crippen LogP) is 3.05. The highest BCUT2D eigenvalue weighted by molar-refractivity contribution is 6.74. The fourth-order valence-corrected chi connectivity index (χ4v) is 4.97. The van der Waals surface area contributed by atoms with E-state index in [2.05, 4.69) is 47.7 Å². The van der Waals surface area contributed by atoms with Gasteiger partial charge in [-0.2, -0.15) is 0 Å². The van der Waals surface area contributed by atoms with Gasteiger partial charge in [0.05, 0.1) is 24.9 Å². The average molecular weight is 449 g/mol. The summed E-state index contributed by atoms with van der Waals surface area (Å²) in [6, 6.07) is 0. The number of carboxylic acids is 1. The number of rotatable bonds is 8. The van der Waals surface area contributed by atoms with E-state index in [4.69, 9.17) is 28.1 Å². The zero-order valence-electron chi connectivity index (χ0n) is 19.9. The summed E-state index contributed by atoms with van der Waals surface area (Å²) in [6.07, 6.45) is -2.66. The number of aliphatic carboxylic acids is 1. The number of fused-ring (bicyclic) bond motifs is 1. The van der Waals surface area contributed by atoms with E-state index in [0.717, 1.165) is 0 Å². The molecule has 2 aliphatic heterocycles. The monoisotopic (exact) mass is 448 g/mol. The van der Waals surface area contributed by atoms with Crippen LogP contribution in [0.15, 0.2) is 0 Å². The molecule has 0 unspecified atom stereocenters. The average Bonchev–Trinajstić information content (AvgIpc) is 2.63. The highest BCUT2D eigenvalue weighted by atomic mass is 28.4. The molecule has 0 saturated carbocycles. The van der Waals surface area contributed by atoms with Gasteiger partial charge in [-0.05, 0) is 18.1 Å². The Morgan fingerprint density at radius 2 is 1.83 bits per heavy atom. The number of carboxylic acid groups (broad SMARTS) is 1. The van der Waals surface area contributed by atoms with Crippen molar-refractivity contribution in [2.75, 3.05) is 27.6 Å². The van der Waals surface area contributed by atoms with Crippen molar-refractivity contribution in [3.63, 3.8) is 0 Å². The summed E-state index contributed by atoms with van der Waals surface area (Å²) < 4.78 is 35.2. The first-order chi connectivity index (χ1) is 13.8. The van der Waals surface area contributed by atoms with Crippen molar-refractivity contribution in [2.24, 2.45) is 5.41 Å². The summed E-state index contributed by atoms with van der Waals surface area (Å²) in [5, 5.41) is 9.69. The quantitative estimate of drug-likeness (QED) is 0.567. The molecule has 30 heavy (non-hydrogen) atoms. The van der Waals surface area contributed by atoms with Gasteiger partial charge >= 0.3 is 5.97 Å². The van der Waals surface area contributed by atoms with Crippen LogP contribution in [-0.4, -0.2) is 83.6 Å². The van der Waals surface area contributed by atoms with Crippen LogP contribution in [0.2, 0.25) is 18.1 Å². The summed E-state index contributed by atoms with van der Waals surface area (Å²) in [7, 11) is 1.36. The lowest BCUT2D eigenvalue weighted by Crippen LogP contribution is -2.67. The largest absolute Gasteiger partial charge is 0.479 e. The predicted molar refractivity (Wildman–Crippen MR) is 114 cm³/mol. The van der Waals surface area contributed by atoms with E-state index in [-0.39, 0.29) is 30.1 Å². The molecule has 2 aliphatic rings. The van der Waals surface area contributed by atoms with Crippen molar-refractivity contribution in [2.45, 2.75) is 95.8 Å². The van der Waals surface area contributed by atoms with Crippen LogP contribution >= 0.6 is 0 Å². The molecule has 0 aromatic rings. The molecule has 2 heterocycles. The minimum atomic E-state index is -1.92. The van der Waals surface area contributed by atoms with Crippen LogP contribution in [0, 0.1) is 5.41 Å². The zero-order valence-corrected chi connectivity index (χ0v) is 20.9. The molecule has 2 rings (SSSR count). The minimum absolute atomic E-state index is 0.0941. The Bertz CT molecular complexity index is 588. The number of ether oxygens (including phenoxy) is 5. The molecule has 0 radical (unpaired) electrons. The molecule has 2 saturated heterocycles.